The molecule has 0 amide bonds. The normalized spacial score (nSPS) is 12.4. The van der Waals surface area contributed by atoms with Gasteiger partial charge in [-0.25, -0.2) is 4.39 Å². The van der Waals surface area contributed by atoms with Crippen molar-refractivity contribution in [2.45, 2.75) is 25.8 Å². The second kappa shape index (κ2) is 5.78. The topological polar surface area (TPSA) is 26.0 Å². The van der Waals surface area contributed by atoms with Crippen molar-refractivity contribution in [2.24, 2.45) is 5.73 Å². The molecule has 1 unspecified atom stereocenters. The maximum Gasteiger partial charge on any atom is 0.127 e. The van der Waals surface area contributed by atoms with Crippen molar-refractivity contribution in [3.8, 4) is 0 Å². The summed E-state index contributed by atoms with van der Waals surface area (Å²) in [6, 6.07) is 14.7. The number of hydrogen-bond donors (Lipinski definition) is 1. The van der Waals surface area contributed by atoms with Crippen LogP contribution in [0.15, 0.2) is 48.5 Å². The summed E-state index contributed by atoms with van der Waals surface area (Å²) in [6.07, 6.45) is 1.63. The summed E-state index contributed by atoms with van der Waals surface area (Å²) in [5.74, 6) is -0.213. The Bertz CT molecular complexity index is 522. The molecule has 0 heterocycles. The van der Waals surface area contributed by atoms with Crippen LogP contribution in [-0.4, -0.2) is 0 Å². The lowest BCUT2D eigenvalue weighted by atomic mass is 9.97. The first-order chi connectivity index (χ1) is 8.68. The van der Waals surface area contributed by atoms with Crippen molar-refractivity contribution >= 4 is 0 Å². The first-order valence-electron chi connectivity index (χ1n) is 6.23. The lowest BCUT2D eigenvalue weighted by molar-refractivity contribution is 0.563. The highest BCUT2D eigenvalue weighted by atomic mass is 19.1. The average Bonchev–Trinajstić information content (AvgIpc) is 2.38. The van der Waals surface area contributed by atoms with E-state index in [1.807, 2.05) is 18.2 Å². The Kier molecular flexibility index (Phi) is 4.11. The molecule has 2 rings (SSSR count). The smallest absolute Gasteiger partial charge is 0.127 e. The van der Waals surface area contributed by atoms with Crippen LogP contribution in [0.4, 0.5) is 4.39 Å². The molecule has 0 radical (unpaired) electrons. The predicted octanol–water partition coefficient (Wildman–Crippen LogP) is 3.77. The Morgan fingerprint density at radius 2 is 1.72 bits per heavy atom. The van der Waals surface area contributed by atoms with E-state index in [1.165, 1.54) is 17.2 Å². The monoisotopic (exact) mass is 243 g/mol. The zero-order chi connectivity index (χ0) is 13.0. The van der Waals surface area contributed by atoms with Gasteiger partial charge in [-0.1, -0.05) is 42.5 Å². The highest BCUT2D eigenvalue weighted by molar-refractivity contribution is 5.26. The Morgan fingerprint density at radius 3 is 2.44 bits per heavy atom. The average molecular weight is 243 g/mol. The Balaban J connectivity index is 2.03. The predicted molar refractivity (Wildman–Crippen MR) is 72.8 cm³/mol. The third kappa shape index (κ3) is 2.96. The molecule has 0 aliphatic heterocycles. The molecule has 0 aliphatic carbocycles. The molecule has 18 heavy (non-hydrogen) atoms. The van der Waals surface area contributed by atoms with Crippen LogP contribution in [-0.2, 0) is 6.42 Å². The minimum Gasteiger partial charge on any atom is -0.324 e. The zero-order valence-electron chi connectivity index (χ0n) is 10.6. The fourth-order valence-corrected chi connectivity index (χ4v) is 2.13. The standard InChI is InChI=1S/C16H18FN/c1-12-6-2-3-7-13(12)10-11-16(18)14-8-4-5-9-15(14)17/h2-9,16H,10-11,18H2,1H3. The van der Waals surface area contributed by atoms with Gasteiger partial charge in [-0.05, 0) is 37.0 Å². The Labute approximate surface area is 107 Å². The molecular weight excluding hydrogens is 225 g/mol. The van der Waals surface area contributed by atoms with Crippen molar-refractivity contribution in [3.05, 3.63) is 71.0 Å². The molecule has 0 spiro atoms. The summed E-state index contributed by atoms with van der Waals surface area (Å²) in [5.41, 5.74) is 9.20. The van der Waals surface area contributed by atoms with Gasteiger partial charge in [0.1, 0.15) is 5.82 Å². The highest BCUT2D eigenvalue weighted by Crippen LogP contribution is 2.20. The number of benzene rings is 2. The van der Waals surface area contributed by atoms with E-state index in [4.69, 9.17) is 5.73 Å². The molecule has 0 bridgehead atoms. The van der Waals surface area contributed by atoms with Gasteiger partial charge in [-0.2, -0.15) is 0 Å². The summed E-state index contributed by atoms with van der Waals surface area (Å²) in [6.45, 7) is 2.09. The third-order valence-corrected chi connectivity index (χ3v) is 3.29. The molecule has 0 aliphatic rings. The summed E-state index contributed by atoms with van der Waals surface area (Å²) in [4.78, 5) is 0. The molecule has 2 aromatic carbocycles. The quantitative estimate of drug-likeness (QED) is 0.869. The minimum atomic E-state index is -0.245. The van der Waals surface area contributed by atoms with Crippen molar-refractivity contribution < 1.29 is 4.39 Å². The maximum absolute atomic E-state index is 13.6. The molecule has 0 saturated carbocycles. The van der Waals surface area contributed by atoms with Gasteiger partial charge in [-0.3, -0.25) is 0 Å². The van der Waals surface area contributed by atoms with Crippen molar-refractivity contribution in [2.75, 3.05) is 0 Å². The second-order valence-corrected chi connectivity index (χ2v) is 4.59. The highest BCUT2D eigenvalue weighted by Gasteiger charge is 2.11. The molecule has 2 heteroatoms. The van der Waals surface area contributed by atoms with E-state index in [1.54, 1.807) is 12.1 Å². The van der Waals surface area contributed by atoms with Crippen LogP contribution in [0.1, 0.15) is 29.2 Å². The van der Waals surface area contributed by atoms with Gasteiger partial charge in [-0.15, -0.1) is 0 Å². The molecule has 2 N–H and O–H groups in total. The Morgan fingerprint density at radius 1 is 1.06 bits per heavy atom. The SMILES string of the molecule is Cc1ccccc1CCC(N)c1ccccc1F. The van der Waals surface area contributed by atoms with E-state index in [2.05, 4.69) is 19.1 Å². The first-order valence-corrected chi connectivity index (χ1v) is 6.23. The number of nitrogens with two attached hydrogens (primary N) is 1. The van der Waals surface area contributed by atoms with Gasteiger partial charge < -0.3 is 5.73 Å². The van der Waals surface area contributed by atoms with Crippen LogP contribution in [0.2, 0.25) is 0 Å². The van der Waals surface area contributed by atoms with Crippen LogP contribution < -0.4 is 5.73 Å². The van der Waals surface area contributed by atoms with Crippen LogP contribution in [0.25, 0.3) is 0 Å². The van der Waals surface area contributed by atoms with Gasteiger partial charge in [0.25, 0.3) is 0 Å². The summed E-state index contributed by atoms with van der Waals surface area (Å²) >= 11 is 0. The van der Waals surface area contributed by atoms with Crippen molar-refractivity contribution in [3.63, 3.8) is 0 Å². The van der Waals surface area contributed by atoms with E-state index in [0.29, 0.717) is 5.56 Å². The van der Waals surface area contributed by atoms with Gasteiger partial charge >= 0.3 is 0 Å². The van der Waals surface area contributed by atoms with Crippen molar-refractivity contribution in [1.29, 1.82) is 0 Å². The summed E-state index contributed by atoms with van der Waals surface area (Å²) in [7, 11) is 0. The fraction of sp³-hybridized carbons (Fsp3) is 0.250. The molecule has 2 aromatic rings. The molecule has 94 valence electrons. The van der Waals surface area contributed by atoms with Gasteiger partial charge in [0.15, 0.2) is 0 Å². The van der Waals surface area contributed by atoms with Crippen LogP contribution >= 0.6 is 0 Å². The maximum atomic E-state index is 13.6. The van der Waals surface area contributed by atoms with Gasteiger partial charge in [0.05, 0.1) is 0 Å². The largest absolute Gasteiger partial charge is 0.324 e. The molecule has 1 atom stereocenters. The number of rotatable bonds is 4. The van der Waals surface area contributed by atoms with E-state index in [0.717, 1.165) is 12.8 Å². The number of aryl methyl sites for hydroxylation is 2. The number of halogens is 1. The Hall–Kier alpha value is -1.67. The van der Waals surface area contributed by atoms with Crippen LogP contribution in [0.5, 0.6) is 0 Å². The van der Waals surface area contributed by atoms with E-state index in [-0.39, 0.29) is 11.9 Å². The molecule has 0 aromatic heterocycles. The molecule has 0 fully saturated rings. The van der Waals surface area contributed by atoms with E-state index in [9.17, 15) is 4.39 Å². The summed E-state index contributed by atoms with van der Waals surface area (Å²) < 4.78 is 13.6. The second-order valence-electron chi connectivity index (χ2n) is 4.59. The van der Waals surface area contributed by atoms with Gasteiger partial charge in [0.2, 0.25) is 0 Å². The van der Waals surface area contributed by atoms with Gasteiger partial charge in [0, 0.05) is 11.6 Å². The molecule has 0 saturated heterocycles. The van der Waals surface area contributed by atoms with E-state index >= 15 is 0 Å². The van der Waals surface area contributed by atoms with Crippen LogP contribution in [0.3, 0.4) is 0 Å². The number of hydrogen-bond acceptors (Lipinski definition) is 1. The molecule has 1 nitrogen and oxygen atoms in total. The van der Waals surface area contributed by atoms with Crippen LogP contribution in [0, 0.1) is 12.7 Å². The van der Waals surface area contributed by atoms with E-state index < -0.39 is 0 Å². The lowest BCUT2D eigenvalue weighted by Gasteiger charge is -2.13. The molecular formula is C16H18FN. The first kappa shape index (κ1) is 12.8. The summed E-state index contributed by atoms with van der Waals surface area (Å²) in [5, 5.41) is 0. The van der Waals surface area contributed by atoms with Crippen molar-refractivity contribution in [1.82, 2.24) is 0 Å². The zero-order valence-corrected chi connectivity index (χ0v) is 10.6. The lowest BCUT2D eigenvalue weighted by Crippen LogP contribution is -2.13. The fourth-order valence-electron chi connectivity index (χ4n) is 2.13. The minimum absolute atomic E-state index is 0.213. The third-order valence-electron chi connectivity index (χ3n) is 3.29.